The first-order valence-corrected chi connectivity index (χ1v) is 6.74. The summed E-state index contributed by atoms with van der Waals surface area (Å²) in [7, 11) is 0. The summed E-state index contributed by atoms with van der Waals surface area (Å²) < 4.78 is 3.46. The molecule has 1 atom stereocenters. The van der Waals surface area contributed by atoms with E-state index in [0.717, 1.165) is 31.6 Å². The average Bonchev–Trinajstić information content (AvgIpc) is 2.44. The topological polar surface area (TPSA) is 39.8 Å². The molecule has 1 aromatic rings. The van der Waals surface area contributed by atoms with E-state index in [4.69, 9.17) is 0 Å². The van der Waals surface area contributed by atoms with Crippen LogP contribution in [0.15, 0.2) is 4.79 Å². The lowest BCUT2D eigenvalue weighted by Gasteiger charge is -2.05. The molecule has 5 heteroatoms. The van der Waals surface area contributed by atoms with Crippen molar-refractivity contribution in [1.82, 2.24) is 14.3 Å². The van der Waals surface area contributed by atoms with Gasteiger partial charge in [-0.25, -0.2) is 9.48 Å². The molecule has 0 fully saturated rings. The van der Waals surface area contributed by atoms with Crippen LogP contribution < -0.4 is 5.69 Å². The predicted molar refractivity (Wildman–Crippen MR) is 62.3 cm³/mol. The van der Waals surface area contributed by atoms with Crippen molar-refractivity contribution < 1.29 is 0 Å². The Morgan fingerprint density at radius 1 is 1.40 bits per heavy atom. The van der Waals surface area contributed by atoms with Gasteiger partial charge < -0.3 is 0 Å². The van der Waals surface area contributed by atoms with Crippen molar-refractivity contribution in [2.24, 2.45) is 0 Å². The second-order valence-corrected chi connectivity index (χ2v) is 5.09. The van der Waals surface area contributed by atoms with Gasteiger partial charge in [0.2, 0.25) is 0 Å². The molecule has 2 rings (SSSR count). The third kappa shape index (κ3) is 1.97. The molecular weight excluding hydrogens is 210 g/mol. The van der Waals surface area contributed by atoms with E-state index in [1.54, 1.807) is 16.4 Å². The third-order valence-electron chi connectivity index (χ3n) is 2.93. The maximum absolute atomic E-state index is 12.0. The molecule has 0 spiro atoms. The highest BCUT2D eigenvalue weighted by atomic mass is 32.2. The van der Waals surface area contributed by atoms with Crippen LogP contribution in [-0.2, 0) is 13.0 Å². The number of hydrogen-bond acceptors (Lipinski definition) is 3. The van der Waals surface area contributed by atoms with E-state index in [1.807, 2.05) is 17.7 Å². The third-order valence-corrected chi connectivity index (χ3v) is 3.81. The molecule has 1 aliphatic heterocycles. The number of nitrogens with zero attached hydrogens (tertiary/aromatic N) is 3. The fraction of sp³-hybridized carbons (Fsp3) is 0.800. The van der Waals surface area contributed by atoms with E-state index in [1.165, 1.54) is 6.42 Å². The van der Waals surface area contributed by atoms with Gasteiger partial charge in [0.1, 0.15) is 5.82 Å². The van der Waals surface area contributed by atoms with Crippen LogP contribution in [-0.4, -0.2) is 20.6 Å². The first-order valence-electron chi connectivity index (χ1n) is 5.45. The monoisotopic (exact) mass is 227 g/mol. The summed E-state index contributed by atoms with van der Waals surface area (Å²) in [6, 6.07) is 0. The quantitative estimate of drug-likeness (QED) is 0.771. The van der Waals surface area contributed by atoms with Gasteiger partial charge in [-0.05, 0) is 26.0 Å². The number of rotatable bonds is 2. The second kappa shape index (κ2) is 4.43. The Kier molecular flexibility index (Phi) is 3.19. The first kappa shape index (κ1) is 10.8. The van der Waals surface area contributed by atoms with Crippen molar-refractivity contribution in [1.29, 1.82) is 0 Å². The standard InChI is InChI=1S/C10H17N3OS/c1-8(15-2)13-10(14)12-7-5-3-4-6-9(12)11-13/h8H,3-7H2,1-2H3. The summed E-state index contributed by atoms with van der Waals surface area (Å²) in [6.45, 7) is 2.86. The normalized spacial score (nSPS) is 18.3. The number of aryl methyl sites for hydroxylation is 1. The summed E-state index contributed by atoms with van der Waals surface area (Å²) in [4.78, 5) is 12.0. The first-order chi connectivity index (χ1) is 7.24. The van der Waals surface area contributed by atoms with Crippen LogP contribution in [0.2, 0.25) is 0 Å². The highest BCUT2D eigenvalue weighted by Crippen LogP contribution is 2.17. The number of thioether (sulfide) groups is 1. The van der Waals surface area contributed by atoms with Crippen molar-refractivity contribution in [3.8, 4) is 0 Å². The maximum atomic E-state index is 12.0. The van der Waals surface area contributed by atoms with Crippen LogP contribution in [0.3, 0.4) is 0 Å². The van der Waals surface area contributed by atoms with Gasteiger partial charge in [0.15, 0.2) is 0 Å². The predicted octanol–water partition coefficient (Wildman–Crippen LogP) is 1.65. The molecule has 0 N–H and O–H groups in total. The lowest BCUT2D eigenvalue weighted by atomic mass is 10.2. The van der Waals surface area contributed by atoms with Gasteiger partial charge in [0, 0.05) is 13.0 Å². The van der Waals surface area contributed by atoms with Crippen molar-refractivity contribution in [3.63, 3.8) is 0 Å². The van der Waals surface area contributed by atoms with Crippen LogP contribution in [0.5, 0.6) is 0 Å². The molecule has 0 aliphatic carbocycles. The van der Waals surface area contributed by atoms with Crippen LogP contribution >= 0.6 is 11.8 Å². The fourth-order valence-corrected chi connectivity index (χ4v) is 2.27. The molecule has 1 unspecified atom stereocenters. The van der Waals surface area contributed by atoms with Gasteiger partial charge in [0.05, 0.1) is 5.37 Å². The molecular formula is C10H17N3OS. The summed E-state index contributed by atoms with van der Waals surface area (Å²) in [5.74, 6) is 0.971. The maximum Gasteiger partial charge on any atom is 0.346 e. The van der Waals surface area contributed by atoms with Crippen molar-refractivity contribution in [2.45, 2.75) is 44.5 Å². The van der Waals surface area contributed by atoms with Crippen LogP contribution in [0.25, 0.3) is 0 Å². The van der Waals surface area contributed by atoms with Crippen molar-refractivity contribution >= 4 is 11.8 Å². The zero-order chi connectivity index (χ0) is 10.8. The van der Waals surface area contributed by atoms with E-state index in [0.29, 0.717) is 0 Å². The molecule has 0 aromatic carbocycles. The summed E-state index contributed by atoms with van der Waals surface area (Å²) in [5.41, 5.74) is 0.0637. The molecule has 2 heterocycles. The Balaban J connectivity index is 2.40. The SMILES string of the molecule is CSC(C)n1nc2n(c1=O)CCCCC2. The molecule has 1 aromatic heterocycles. The largest absolute Gasteiger partial charge is 0.346 e. The highest BCUT2D eigenvalue weighted by molar-refractivity contribution is 7.98. The number of aromatic nitrogens is 3. The Morgan fingerprint density at radius 2 is 2.20 bits per heavy atom. The van der Waals surface area contributed by atoms with Crippen molar-refractivity contribution in [3.05, 3.63) is 16.3 Å². The van der Waals surface area contributed by atoms with Gasteiger partial charge in [-0.2, -0.15) is 5.10 Å². The van der Waals surface area contributed by atoms with Gasteiger partial charge in [-0.15, -0.1) is 11.8 Å². The minimum atomic E-state index is 0.0637. The molecule has 0 amide bonds. The minimum Gasteiger partial charge on any atom is -0.279 e. The van der Waals surface area contributed by atoms with Crippen LogP contribution in [0.1, 0.15) is 37.4 Å². The molecule has 0 radical (unpaired) electrons. The van der Waals surface area contributed by atoms with Crippen LogP contribution in [0, 0.1) is 0 Å². The van der Waals surface area contributed by atoms with E-state index < -0.39 is 0 Å². The molecule has 0 saturated heterocycles. The number of hydrogen-bond donors (Lipinski definition) is 0. The van der Waals surface area contributed by atoms with Crippen LogP contribution in [0.4, 0.5) is 0 Å². The Labute approximate surface area is 93.7 Å². The zero-order valence-electron chi connectivity index (χ0n) is 9.27. The van der Waals surface area contributed by atoms with E-state index >= 15 is 0 Å². The zero-order valence-corrected chi connectivity index (χ0v) is 10.1. The fourth-order valence-electron chi connectivity index (χ4n) is 1.93. The Morgan fingerprint density at radius 3 is 2.93 bits per heavy atom. The lowest BCUT2D eigenvalue weighted by molar-refractivity contribution is 0.568. The van der Waals surface area contributed by atoms with Crippen molar-refractivity contribution in [2.75, 3.05) is 6.26 Å². The molecule has 0 bridgehead atoms. The van der Waals surface area contributed by atoms with Gasteiger partial charge >= 0.3 is 5.69 Å². The molecule has 1 aliphatic rings. The van der Waals surface area contributed by atoms with E-state index in [9.17, 15) is 4.79 Å². The van der Waals surface area contributed by atoms with Gasteiger partial charge in [0.25, 0.3) is 0 Å². The molecule has 84 valence electrons. The minimum absolute atomic E-state index is 0.0637. The Bertz CT molecular complexity index is 396. The smallest absolute Gasteiger partial charge is 0.279 e. The molecule has 4 nitrogen and oxygen atoms in total. The summed E-state index contributed by atoms with van der Waals surface area (Å²) in [6.07, 6.45) is 6.42. The molecule has 15 heavy (non-hydrogen) atoms. The van der Waals surface area contributed by atoms with Gasteiger partial charge in [-0.1, -0.05) is 6.42 Å². The van der Waals surface area contributed by atoms with E-state index in [-0.39, 0.29) is 11.1 Å². The second-order valence-electron chi connectivity index (χ2n) is 3.94. The Hall–Kier alpha value is -0.710. The number of fused-ring (bicyclic) bond motifs is 1. The molecule has 0 saturated carbocycles. The highest BCUT2D eigenvalue weighted by Gasteiger charge is 2.17. The summed E-state index contributed by atoms with van der Waals surface area (Å²) in [5, 5.41) is 4.56. The average molecular weight is 227 g/mol. The van der Waals surface area contributed by atoms with Gasteiger partial charge in [-0.3, -0.25) is 4.57 Å². The van der Waals surface area contributed by atoms with E-state index in [2.05, 4.69) is 5.10 Å². The lowest BCUT2D eigenvalue weighted by Crippen LogP contribution is -2.26. The summed E-state index contributed by atoms with van der Waals surface area (Å²) >= 11 is 1.65.